The van der Waals surface area contributed by atoms with Crippen molar-refractivity contribution in [1.82, 2.24) is 0 Å². The van der Waals surface area contributed by atoms with Crippen LogP contribution in [-0.4, -0.2) is 11.6 Å². The summed E-state index contributed by atoms with van der Waals surface area (Å²) in [5, 5.41) is 0. The van der Waals surface area contributed by atoms with E-state index in [0.29, 0.717) is 0 Å². The molecule has 112 valence electrons. The van der Waals surface area contributed by atoms with Crippen molar-refractivity contribution < 1.29 is 18.3 Å². The van der Waals surface area contributed by atoms with E-state index in [1.165, 1.54) is 12.1 Å². The Bertz CT molecular complexity index is 669. The molecular weight excluding hydrogens is 296 g/mol. The van der Waals surface area contributed by atoms with Gasteiger partial charge >= 0.3 is 5.97 Å². The molecule has 1 heterocycles. The summed E-state index contributed by atoms with van der Waals surface area (Å²) in [7, 11) is 0. The number of esters is 1. The van der Waals surface area contributed by atoms with Crippen LogP contribution in [0, 0.1) is 11.6 Å². The maximum Gasteiger partial charge on any atom is 0.350 e. The van der Waals surface area contributed by atoms with E-state index in [2.05, 4.69) is 0 Å². The first kappa shape index (κ1) is 15.4. The third kappa shape index (κ3) is 3.39. The lowest BCUT2D eigenvalue weighted by Crippen LogP contribution is -2.23. The predicted octanol–water partition coefficient (Wildman–Crippen LogP) is 4.23. The van der Waals surface area contributed by atoms with Gasteiger partial charge < -0.3 is 10.5 Å². The molecule has 6 heteroatoms. The van der Waals surface area contributed by atoms with E-state index in [0.717, 1.165) is 23.5 Å². The number of nitrogens with two attached hydrogens (primary N) is 1. The van der Waals surface area contributed by atoms with E-state index < -0.39 is 23.2 Å². The second-order valence-corrected chi connectivity index (χ2v) is 6.55. The van der Waals surface area contributed by atoms with Crippen molar-refractivity contribution >= 4 is 23.0 Å². The predicted molar refractivity (Wildman–Crippen MR) is 79.3 cm³/mol. The minimum atomic E-state index is -0.702. The van der Waals surface area contributed by atoms with Crippen molar-refractivity contribution in [2.75, 3.05) is 5.73 Å². The van der Waals surface area contributed by atoms with E-state index in [-0.39, 0.29) is 21.0 Å². The molecule has 3 nitrogen and oxygen atoms in total. The third-order valence-corrected chi connectivity index (χ3v) is 3.70. The van der Waals surface area contributed by atoms with Gasteiger partial charge in [-0.3, -0.25) is 0 Å². The SMILES string of the molecule is CC(C)(C)OC(=O)c1sc(-c2c(F)cccc2F)cc1N. The second kappa shape index (κ2) is 5.44. The van der Waals surface area contributed by atoms with Crippen molar-refractivity contribution in [2.45, 2.75) is 26.4 Å². The fraction of sp³-hybridized carbons (Fsp3) is 0.267. The van der Waals surface area contributed by atoms with Gasteiger partial charge in [0, 0.05) is 4.88 Å². The van der Waals surface area contributed by atoms with Crippen LogP contribution in [0.2, 0.25) is 0 Å². The van der Waals surface area contributed by atoms with Gasteiger partial charge in [0.2, 0.25) is 0 Å². The van der Waals surface area contributed by atoms with E-state index in [9.17, 15) is 13.6 Å². The summed E-state index contributed by atoms with van der Waals surface area (Å²) in [5.41, 5.74) is 5.05. The van der Waals surface area contributed by atoms with Crippen LogP contribution in [0.15, 0.2) is 24.3 Å². The molecule has 0 spiro atoms. The van der Waals surface area contributed by atoms with E-state index >= 15 is 0 Å². The monoisotopic (exact) mass is 311 g/mol. The van der Waals surface area contributed by atoms with Crippen LogP contribution in [-0.2, 0) is 4.74 Å². The number of carbonyl (C=O) groups excluding carboxylic acids is 1. The Morgan fingerprint density at radius 3 is 2.33 bits per heavy atom. The number of nitrogen functional groups attached to an aromatic ring is 1. The Hall–Kier alpha value is -1.95. The van der Waals surface area contributed by atoms with E-state index in [4.69, 9.17) is 10.5 Å². The molecule has 1 aromatic carbocycles. The first-order valence-corrected chi connectivity index (χ1v) is 7.08. The molecule has 2 N–H and O–H groups in total. The van der Waals surface area contributed by atoms with Crippen LogP contribution < -0.4 is 5.73 Å². The fourth-order valence-corrected chi connectivity index (χ4v) is 2.75. The number of hydrogen-bond donors (Lipinski definition) is 1. The zero-order valence-electron chi connectivity index (χ0n) is 11.9. The number of thiophene rings is 1. The van der Waals surface area contributed by atoms with Crippen LogP contribution in [0.4, 0.5) is 14.5 Å². The molecule has 0 aliphatic rings. The maximum atomic E-state index is 13.8. The van der Waals surface area contributed by atoms with Gasteiger partial charge in [0.05, 0.1) is 11.3 Å². The van der Waals surface area contributed by atoms with Gasteiger partial charge in [-0.2, -0.15) is 0 Å². The Kier molecular flexibility index (Phi) is 4.00. The third-order valence-electron chi connectivity index (χ3n) is 2.55. The molecule has 0 unspecified atom stereocenters. The molecular formula is C15H15F2NO2S. The summed E-state index contributed by atoms with van der Waals surface area (Å²) in [6.07, 6.45) is 0. The van der Waals surface area contributed by atoms with Crippen LogP contribution in [0.5, 0.6) is 0 Å². The minimum Gasteiger partial charge on any atom is -0.456 e. The highest BCUT2D eigenvalue weighted by Gasteiger charge is 2.24. The second-order valence-electron chi connectivity index (χ2n) is 5.49. The first-order valence-electron chi connectivity index (χ1n) is 6.26. The first-order chi connectivity index (χ1) is 9.69. The van der Waals surface area contributed by atoms with Crippen LogP contribution >= 0.6 is 11.3 Å². The highest BCUT2D eigenvalue weighted by atomic mass is 32.1. The zero-order chi connectivity index (χ0) is 15.8. The maximum absolute atomic E-state index is 13.8. The molecule has 0 saturated carbocycles. The van der Waals surface area contributed by atoms with Crippen molar-refractivity contribution in [3.8, 4) is 10.4 Å². The summed E-state index contributed by atoms with van der Waals surface area (Å²) >= 11 is 0.910. The molecule has 0 amide bonds. The minimum absolute atomic E-state index is 0.141. The Morgan fingerprint density at radius 1 is 1.24 bits per heavy atom. The number of halogens is 2. The molecule has 0 saturated heterocycles. The van der Waals surface area contributed by atoms with E-state index in [1.54, 1.807) is 20.8 Å². The van der Waals surface area contributed by atoms with Gasteiger partial charge in [-0.05, 0) is 39.0 Å². The number of anilines is 1. The van der Waals surface area contributed by atoms with Crippen molar-refractivity contribution in [3.63, 3.8) is 0 Å². The largest absolute Gasteiger partial charge is 0.456 e. The van der Waals surface area contributed by atoms with Gasteiger partial charge in [-0.1, -0.05) is 6.07 Å². The van der Waals surface area contributed by atoms with Gasteiger partial charge in [-0.25, -0.2) is 13.6 Å². The molecule has 0 fully saturated rings. The highest BCUT2D eigenvalue weighted by Crippen LogP contribution is 2.36. The fourth-order valence-electron chi connectivity index (χ4n) is 1.75. The molecule has 0 bridgehead atoms. The quantitative estimate of drug-likeness (QED) is 0.844. The topological polar surface area (TPSA) is 52.3 Å². The van der Waals surface area contributed by atoms with Crippen molar-refractivity contribution in [2.24, 2.45) is 0 Å². The van der Waals surface area contributed by atoms with Crippen molar-refractivity contribution in [1.29, 1.82) is 0 Å². The lowest BCUT2D eigenvalue weighted by atomic mass is 10.1. The molecule has 2 aromatic rings. The Labute approximate surface area is 125 Å². The van der Waals surface area contributed by atoms with Gasteiger partial charge in [-0.15, -0.1) is 11.3 Å². The highest BCUT2D eigenvalue weighted by molar-refractivity contribution is 7.18. The summed E-state index contributed by atoms with van der Waals surface area (Å²) in [4.78, 5) is 12.4. The lowest BCUT2D eigenvalue weighted by Gasteiger charge is -2.18. The molecule has 21 heavy (non-hydrogen) atoms. The Balaban J connectivity index is 2.42. The molecule has 0 atom stereocenters. The van der Waals surface area contributed by atoms with Crippen LogP contribution in [0.3, 0.4) is 0 Å². The van der Waals surface area contributed by atoms with E-state index in [1.807, 2.05) is 0 Å². The number of benzene rings is 1. The molecule has 0 aliphatic carbocycles. The number of hydrogen-bond acceptors (Lipinski definition) is 4. The standard InChI is InChI=1S/C15H15F2NO2S/c1-15(2,3)20-14(19)13-10(18)7-11(21-13)12-8(16)5-4-6-9(12)17/h4-7H,18H2,1-3H3. The number of ether oxygens (including phenoxy) is 1. The summed E-state index contributed by atoms with van der Waals surface area (Å²) in [5.74, 6) is -2.01. The summed E-state index contributed by atoms with van der Waals surface area (Å²) in [6, 6.07) is 4.97. The smallest absolute Gasteiger partial charge is 0.350 e. The lowest BCUT2D eigenvalue weighted by molar-refractivity contribution is 0.00764. The van der Waals surface area contributed by atoms with Gasteiger partial charge in [0.15, 0.2) is 0 Å². The average molecular weight is 311 g/mol. The van der Waals surface area contributed by atoms with Crippen LogP contribution in [0.1, 0.15) is 30.4 Å². The summed E-state index contributed by atoms with van der Waals surface area (Å²) < 4.78 is 32.7. The summed E-state index contributed by atoms with van der Waals surface area (Å²) in [6.45, 7) is 5.18. The molecule has 1 aromatic heterocycles. The Morgan fingerprint density at radius 2 is 1.81 bits per heavy atom. The average Bonchev–Trinajstić information content (AvgIpc) is 2.68. The number of rotatable bonds is 2. The van der Waals surface area contributed by atoms with Gasteiger partial charge in [0.25, 0.3) is 0 Å². The van der Waals surface area contributed by atoms with Crippen molar-refractivity contribution in [3.05, 3.63) is 40.8 Å². The molecule has 2 rings (SSSR count). The number of carbonyl (C=O) groups is 1. The molecule has 0 aliphatic heterocycles. The zero-order valence-corrected chi connectivity index (χ0v) is 12.7. The van der Waals surface area contributed by atoms with Crippen LogP contribution in [0.25, 0.3) is 10.4 Å². The van der Waals surface area contributed by atoms with Gasteiger partial charge in [0.1, 0.15) is 22.1 Å². The normalized spacial score (nSPS) is 11.5. The molecule has 0 radical (unpaired) electrons.